The molecular formula is C40H52NO6PS. The van der Waals surface area contributed by atoms with Gasteiger partial charge in [-0.1, -0.05) is 50.5 Å². The summed E-state index contributed by atoms with van der Waals surface area (Å²) in [4.78, 5) is 4.43. The number of rotatable bonds is 17. The van der Waals surface area contributed by atoms with Crippen molar-refractivity contribution >= 4 is 36.0 Å². The molecule has 5 rings (SSSR count). The number of nitrogens with zero attached hydrogens (tertiary/aromatic N) is 1. The number of thiophene rings is 1. The molecule has 0 spiro atoms. The van der Waals surface area contributed by atoms with Crippen LogP contribution in [-0.4, -0.2) is 31.0 Å². The number of hydrogen-bond acceptors (Lipinski definition) is 8. The lowest BCUT2D eigenvalue weighted by Crippen LogP contribution is -2.41. The molecule has 0 bridgehead atoms. The standard InChI is InChI=1S/C40H52NO6PS/c1-8-11-12-13-28-43-35-24-22-34(23-25-35)41(32-18-14-30(15-19-32)29-48(42,44-9-2)45-10-3)33-20-16-31(17-21-33)36-26-27-37(49-36)38-46-39(4,5)40(6,7)47-38/h14-27,38H,8-13,28-29H2,1-7H3. The predicted molar refractivity (Wildman–Crippen MR) is 202 cm³/mol. The summed E-state index contributed by atoms with van der Waals surface area (Å²) in [6.07, 6.45) is 4.54. The molecule has 7 nitrogen and oxygen atoms in total. The number of benzene rings is 3. The van der Waals surface area contributed by atoms with Gasteiger partial charge in [0, 0.05) is 21.9 Å². The maximum Gasteiger partial charge on any atom is 0.335 e. The minimum absolute atomic E-state index is 0.225. The molecule has 264 valence electrons. The van der Waals surface area contributed by atoms with Crippen LogP contribution in [0.2, 0.25) is 0 Å². The van der Waals surface area contributed by atoms with Crippen LogP contribution in [0.1, 0.15) is 90.9 Å². The van der Waals surface area contributed by atoms with Gasteiger partial charge in [0.15, 0.2) is 6.29 Å². The molecule has 1 aromatic heterocycles. The van der Waals surface area contributed by atoms with E-state index >= 15 is 0 Å². The third kappa shape index (κ3) is 9.23. The topological polar surface area (TPSA) is 66.5 Å². The summed E-state index contributed by atoms with van der Waals surface area (Å²) in [5.41, 5.74) is 4.26. The second kappa shape index (κ2) is 16.4. The molecule has 1 saturated heterocycles. The maximum absolute atomic E-state index is 13.2. The average Bonchev–Trinajstić information content (AvgIpc) is 3.65. The summed E-state index contributed by atoms with van der Waals surface area (Å²) < 4.78 is 42.9. The van der Waals surface area contributed by atoms with Crippen LogP contribution in [-0.2, 0) is 29.2 Å². The second-order valence-corrected chi connectivity index (χ2v) is 16.5. The molecule has 4 aromatic rings. The van der Waals surface area contributed by atoms with E-state index in [4.69, 9.17) is 23.3 Å². The lowest BCUT2D eigenvalue weighted by Gasteiger charge is -2.30. The number of ether oxygens (including phenoxy) is 3. The lowest BCUT2D eigenvalue weighted by molar-refractivity contribution is -0.0871. The lowest BCUT2D eigenvalue weighted by atomic mass is 9.90. The Labute approximate surface area is 297 Å². The normalized spacial score (nSPS) is 15.8. The molecule has 0 atom stereocenters. The fourth-order valence-corrected chi connectivity index (χ4v) is 8.40. The van der Waals surface area contributed by atoms with Gasteiger partial charge in [-0.25, -0.2) is 0 Å². The van der Waals surface area contributed by atoms with Gasteiger partial charge in [-0.3, -0.25) is 4.57 Å². The molecule has 49 heavy (non-hydrogen) atoms. The van der Waals surface area contributed by atoms with E-state index in [2.05, 4.69) is 100 Å². The molecule has 9 heteroatoms. The smallest absolute Gasteiger partial charge is 0.335 e. The van der Waals surface area contributed by atoms with Crippen molar-refractivity contribution in [2.24, 2.45) is 0 Å². The molecule has 2 heterocycles. The van der Waals surface area contributed by atoms with Gasteiger partial charge in [-0.15, -0.1) is 11.3 Å². The van der Waals surface area contributed by atoms with Crippen molar-refractivity contribution in [3.63, 3.8) is 0 Å². The van der Waals surface area contributed by atoms with E-state index in [0.717, 1.165) is 56.7 Å². The molecule has 1 fully saturated rings. The first-order chi connectivity index (χ1) is 23.5. The zero-order valence-electron chi connectivity index (χ0n) is 30.1. The van der Waals surface area contributed by atoms with Crippen molar-refractivity contribution in [2.75, 3.05) is 24.7 Å². The number of hydrogen-bond donors (Lipinski definition) is 0. The van der Waals surface area contributed by atoms with E-state index in [1.165, 1.54) is 19.3 Å². The molecule has 0 aliphatic carbocycles. The van der Waals surface area contributed by atoms with Gasteiger partial charge in [0.25, 0.3) is 0 Å². The number of anilines is 3. The average molecular weight is 706 g/mol. The Balaban J connectivity index is 1.39. The minimum Gasteiger partial charge on any atom is -0.494 e. The third-order valence-corrected chi connectivity index (χ3v) is 12.3. The van der Waals surface area contributed by atoms with Crippen LogP contribution in [0.15, 0.2) is 84.9 Å². The molecule has 0 saturated carbocycles. The summed E-state index contributed by atoms with van der Waals surface area (Å²) >= 11 is 1.70. The van der Waals surface area contributed by atoms with Crippen molar-refractivity contribution in [2.45, 2.75) is 97.8 Å². The van der Waals surface area contributed by atoms with Gasteiger partial charge in [0.1, 0.15) is 5.75 Å². The summed E-state index contributed by atoms with van der Waals surface area (Å²) in [7, 11) is -3.21. The SMILES string of the molecule is CCCCCCOc1ccc(N(c2ccc(CP(=O)(OCC)OCC)cc2)c2ccc(-c3ccc(C4OC(C)(C)C(C)(C)O4)s3)cc2)cc1. The van der Waals surface area contributed by atoms with Crippen LogP contribution in [0, 0.1) is 0 Å². The third-order valence-electron chi connectivity index (χ3n) is 9.11. The van der Waals surface area contributed by atoms with Crippen molar-refractivity contribution < 1.29 is 27.8 Å². The van der Waals surface area contributed by atoms with E-state index in [9.17, 15) is 4.57 Å². The first-order valence-corrected chi connectivity index (χ1v) is 20.1. The largest absolute Gasteiger partial charge is 0.494 e. The van der Waals surface area contributed by atoms with E-state index in [1.54, 1.807) is 11.3 Å². The summed E-state index contributed by atoms with van der Waals surface area (Å²) in [6.45, 7) is 15.6. The van der Waals surface area contributed by atoms with Crippen molar-refractivity contribution in [3.8, 4) is 16.2 Å². The summed E-state index contributed by atoms with van der Waals surface area (Å²) in [6, 6.07) is 29.2. The highest BCUT2D eigenvalue weighted by molar-refractivity contribution is 7.53. The molecule has 3 aromatic carbocycles. The monoisotopic (exact) mass is 705 g/mol. The Bertz CT molecular complexity index is 1640. The summed E-state index contributed by atoms with van der Waals surface area (Å²) in [5.74, 6) is 0.865. The minimum atomic E-state index is -3.21. The molecular weight excluding hydrogens is 653 g/mol. The van der Waals surface area contributed by atoms with Crippen LogP contribution >= 0.6 is 18.9 Å². The first kappa shape index (κ1) is 37.3. The van der Waals surface area contributed by atoms with Crippen LogP contribution in [0.5, 0.6) is 5.75 Å². The molecule has 0 amide bonds. The Hall–Kier alpha value is -2.97. The van der Waals surface area contributed by atoms with Crippen LogP contribution in [0.4, 0.5) is 17.1 Å². The molecule has 0 unspecified atom stereocenters. The quantitative estimate of drug-likeness (QED) is 0.0800. The molecule has 1 aliphatic heterocycles. The fraction of sp³-hybridized carbons (Fsp3) is 0.450. The van der Waals surface area contributed by atoms with Crippen LogP contribution in [0.3, 0.4) is 0 Å². The molecule has 0 radical (unpaired) electrons. The van der Waals surface area contributed by atoms with Crippen molar-refractivity contribution in [1.29, 1.82) is 0 Å². The van der Waals surface area contributed by atoms with E-state index < -0.39 is 7.60 Å². The molecule has 0 N–H and O–H groups in total. The number of unbranched alkanes of at least 4 members (excludes halogenated alkanes) is 3. The highest BCUT2D eigenvalue weighted by Gasteiger charge is 2.49. The Morgan fingerprint density at radius 1 is 0.714 bits per heavy atom. The van der Waals surface area contributed by atoms with E-state index in [0.29, 0.717) is 13.2 Å². The maximum atomic E-state index is 13.2. The van der Waals surface area contributed by atoms with E-state index in [-0.39, 0.29) is 23.7 Å². The zero-order chi connectivity index (χ0) is 35.1. The van der Waals surface area contributed by atoms with Gasteiger partial charge >= 0.3 is 7.60 Å². The van der Waals surface area contributed by atoms with Gasteiger partial charge in [0.05, 0.1) is 42.1 Å². The zero-order valence-corrected chi connectivity index (χ0v) is 31.8. The van der Waals surface area contributed by atoms with Gasteiger partial charge in [-0.05, 0) is 120 Å². The van der Waals surface area contributed by atoms with Gasteiger partial charge < -0.3 is 28.2 Å². The van der Waals surface area contributed by atoms with E-state index in [1.807, 2.05) is 38.1 Å². The van der Waals surface area contributed by atoms with Crippen LogP contribution in [0.25, 0.3) is 10.4 Å². The Morgan fingerprint density at radius 2 is 1.27 bits per heavy atom. The van der Waals surface area contributed by atoms with Gasteiger partial charge in [0.2, 0.25) is 0 Å². The Morgan fingerprint density at radius 3 is 1.82 bits per heavy atom. The Kier molecular flexibility index (Phi) is 12.5. The highest BCUT2D eigenvalue weighted by Crippen LogP contribution is 2.51. The molecule has 1 aliphatic rings. The van der Waals surface area contributed by atoms with Crippen molar-refractivity contribution in [3.05, 3.63) is 95.4 Å². The van der Waals surface area contributed by atoms with Crippen LogP contribution < -0.4 is 9.64 Å². The van der Waals surface area contributed by atoms with Gasteiger partial charge in [-0.2, -0.15) is 0 Å². The second-order valence-electron chi connectivity index (χ2n) is 13.3. The predicted octanol–water partition coefficient (Wildman–Crippen LogP) is 12.2. The highest BCUT2D eigenvalue weighted by atomic mass is 32.1. The fourth-order valence-electron chi connectivity index (χ4n) is 5.72. The van der Waals surface area contributed by atoms with Crippen molar-refractivity contribution in [1.82, 2.24) is 0 Å². The summed E-state index contributed by atoms with van der Waals surface area (Å²) in [5, 5.41) is 0. The first-order valence-electron chi connectivity index (χ1n) is 17.5.